The van der Waals surface area contributed by atoms with Crippen molar-refractivity contribution in [2.24, 2.45) is 0 Å². The molecule has 0 atom stereocenters. The van der Waals surface area contributed by atoms with Crippen LogP contribution >= 0.6 is 0 Å². The predicted molar refractivity (Wildman–Crippen MR) is 24.1 cm³/mol. The van der Waals surface area contributed by atoms with E-state index in [0.717, 1.165) is 0 Å². The number of rotatable bonds is 3. The summed E-state index contributed by atoms with van der Waals surface area (Å²) >= 11 is 0. The van der Waals surface area contributed by atoms with Crippen LogP contribution in [-0.2, 0) is 4.84 Å². The topological polar surface area (TPSA) is 33.3 Å². The van der Waals surface area contributed by atoms with Gasteiger partial charge in [0.05, 0.1) is 0 Å². The lowest BCUT2D eigenvalue weighted by Gasteiger charge is -1.95. The van der Waals surface area contributed by atoms with E-state index in [1.54, 1.807) is 7.05 Å². The Labute approximate surface area is 37.6 Å². The summed E-state index contributed by atoms with van der Waals surface area (Å²) < 4.78 is 0. The second-order valence-corrected chi connectivity index (χ2v) is 0.846. The maximum Gasteiger partial charge on any atom is 0.118 e. The highest BCUT2D eigenvalue weighted by molar-refractivity contribution is 4.09. The van der Waals surface area contributed by atoms with E-state index < -0.39 is 0 Å². The summed E-state index contributed by atoms with van der Waals surface area (Å²) in [6, 6.07) is 0. The van der Waals surface area contributed by atoms with E-state index in [-0.39, 0.29) is 0 Å². The van der Waals surface area contributed by atoms with Crippen LogP contribution < -0.4 is 10.8 Å². The molecular formula is C3H10N2O. The van der Waals surface area contributed by atoms with Gasteiger partial charge in [-0.1, -0.05) is 0 Å². The van der Waals surface area contributed by atoms with Gasteiger partial charge in [0.1, 0.15) is 6.73 Å². The Hall–Kier alpha value is -0.120. The monoisotopic (exact) mass is 90.1 g/mol. The largest absolute Gasteiger partial charge is 0.296 e. The average Bonchev–Trinajstić information content (AvgIpc) is 1.61. The predicted octanol–water partition coefficient (Wildman–Crippen LogP) is -0.686. The fourth-order valence-electron chi connectivity index (χ4n) is 0.144. The molecule has 0 aromatic carbocycles. The number of hydrogen-bond donors (Lipinski definition) is 2. The molecule has 0 rings (SSSR count). The van der Waals surface area contributed by atoms with Gasteiger partial charge in [-0.2, -0.15) is 0 Å². The van der Waals surface area contributed by atoms with Crippen molar-refractivity contribution in [1.82, 2.24) is 10.8 Å². The molecule has 0 bridgehead atoms. The lowest BCUT2D eigenvalue weighted by molar-refractivity contribution is 0.0480. The third-order valence-corrected chi connectivity index (χ3v) is 0.361. The molecule has 0 saturated heterocycles. The third-order valence-electron chi connectivity index (χ3n) is 0.361. The number of hydrogen-bond acceptors (Lipinski definition) is 3. The van der Waals surface area contributed by atoms with E-state index >= 15 is 0 Å². The van der Waals surface area contributed by atoms with Gasteiger partial charge in [0, 0.05) is 7.05 Å². The van der Waals surface area contributed by atoms with Crippen molar-refractivity contribution in [2.75, 3.05) is 20.8 Å². The van der Waals surface area contributed by atoms with Crippen molar-refractivity contribution in [3.8, 4) is 0 Å². The van der Waals surface area contributed by atoms with Crippen LogP contribution in [-0.4, -0.2) is 20.8 Å². The summed E-state index contributed by atoms with van der Waals surface area (Å²) in [5.41, 5.74) is 2.51. The van der Waals surface area contributed by atoms with Gasteiger partial charge in [0.2, 0.25) is 0 Å². The zero-order valence-corrected chi connectivity index (χ0v) is 4.12. The Morgan fingerprint density at radius 3 is 2.33 bits per heavy atom. The highest BCUT2D eigenvalue weighted by Crippen LogP contribution is 1.49. The summed E-state index contributed by atoms with van der Waals surface area (Å²) in [4.78, 5) is 4.62. The minimum absolute atomic E-state index is 0.552. The second kappa shape index (κ2) is 4.88. The van der Waals surface area contributed by atoms with Crippen LogP contribution in [0.2, 0.25) is 0 Å². The molecule has 0 radical (unpaired) electrons. The van der Waals surface area contributed by atoms with Crippen LogP contribution in [0.1, 0.15) is 0 Å². The van der Waals surface area contributed by atoms with E-state index in [4.69, 9.17) is 0 Å². The van der Waals surface area contributed by atoms with Gasteiger partial charge >= 0.3 is 0 Å². The van der Waals surface area contributed by atoms with E-state index in [2.05, 4.69) is 15.6 Å². The molecule has 0 heterocycles. The van der Waals surface area contributed by atoms with Crippen molar-refractivity contribution < 1.29 is 4.84 Å². The quantitative estimate of drug-likeness (QED) is 0.273. The summed E-state index contributed by atoms with van der Waals surface area (Å²) in [7, 11) is 3.54. The van der Waals surface area contributed by atoms with Crippen LogP contribution in [0, 0.1) is 0 Å². The zero-order valence-electron chi connectivity index (χ0n) is 4.12. The average molecular weight is 90.1 g/mol. The van der Waals surface area contributed by atoms with E-state index in [1.165, 1.54) is 0 Å². The van der Waals surface area contributed by atoms with Gasteiger partial charge in [-0.25, -0.2) is 5.48 Å². The molecule has 0 spiro atoms. The van der Waals surface area contributed by atoms with Crippen LogP contribution in [0.15, 0.2) is 0 Å². The Kier molecular flexibility index (Phi) is 4.78. The Bertz CT molecular complexity index is 20.8. The van der Waals surface area contributed by atoms with E-state index in [9.17, 15) is 0 Å². The first-order valence-electron chi connectivity index (χ1n) is 1.85. The van der Waals surface area contributed by atoms with Crippen molar-refractivity contribution in [3.05, 3.63) is 0 Å². The molecule has 0 fully saturated rings. The molecular weight excluding hydrogens is 80.0 g/mol. The molecule has 0 aliphatic heterocycles. The fourth-order valence-corrected chi connectivity index (χ4v) is 0.144. The highest BCUT2D eigenvalue weighted by Gasteiger charge is 1.68. The van der Waals surface area contributed by atoms with Crippen molar-refractivity contribution >= 4 is 0 Å². The van der Waals surface area contributed by atoms with Gasteiger partial charge in [0.15, 0.2) is 0 Å². The SMILES string of the molecule is CNCONC. The van der Waals surface area contributed by atoms with Crippen LogP contribution in [0.3, 0.4) is 0 Å². The maximum atomic E-state index is 4.62. The molecule has 0 unspecified atom stereocenters. The van der Waals surface area contributed by atoms with Crippen LogP contribution in [0.4, 0.5) is 0 Å². The molecule has 0 aromatic rings. The van der Waals surface area contributed by atoms with Crippen LogP contribution in [0.5, 0.6) is 0 Å². The summed E-state index contributed by atoms with van der Waals surface area (Å²) in [6.45, 7) is 0.552. The number of hydroxylamine groups is 1. The third kappa shape index (κ3) is 3.88. The summed E-state index contributed by atoms with van der Waals surface area (Å²) in [6.07, 6.45) is 0. The lowest BCUT2D eigenvalue weighted by atomic mass is 11.2. The molecule has 3 heteroatoms. The first kappa shape index (κ1) is 5.88. The number of nitrogens with one attached hydrogen (secondary N) is 2. The molecule has 0 amide bonds. The summed E-state index contributed by atoms with van der Waals surface area (Å²) in [5.74, 6) is 0. The molecule has 2 N–H and O–H groups in total. The maximum absolute atomic E-state index is 4.62. The van der Waals surface area contributed by atoms with Gasteiger partial charge in [-0.3, -0.25) is 10.2 Å². The minimum Gasteiger partial charge on any atom is -0.296 e. The fraction of sp³-hybridized carbons (Fsp3) is 1.00. The normalized spacial score (nSPS) is 9.00. The summed E-state index contributed by atoms with van der Waals surface area (Å²) in [5, 5.41) is 2.78. The van der Waals surface area contributed by atoms with Crippen molar-refractivity contribution in [1.29, 1.82) is 0 Å². The standard InChI is InChI=1S/C3H10N2O/c1-4-3-6-5-2/h4-5H,3H2,1-2H3. The lowest BCUT2D eigenvalue weighted by Crippen LogP contribution is -2.18. The van der Waals surface area contributed by atoms with Gasteiger partial charge in [0.25, 0.3) is 0 Å². The molecule has 0 saturated carbocycles. The van der Waals surface area contributed by atoms with Gasteiger partial charge in [-0.15, -0.1) is 0 Å². The highest BCUT2D eigenvalue weighted by atomic mass is 16.6. The first-order chi connectivity index (χ1) is 2.91. The molecule has 0 aliphatic rings. The van der Waals surface area contributed by atoms with Crippen LogP contribution in [0.25, 0.3) is 0 Å². The smallest absolute Gasteiger partial charge is 0.118 e. The van der Waals surface area contributed by atoms with Gasteiger partial charge < -0.3 is 0 Å². The van der Waals surface area contributed by atoms with Crippen molar-refractivity contribution in [2.45, 2.75) is 0 Å². The molecule has 3 nitrogen and oxygen atoms in total. The van der Waals surface area contributed by atoms with E-state index in [1.807, 2.05) is 7.05 Å². The molecule has 0 aromatic heterocycles. The van der Waals surface area contributed by atoms with E-state index in [0.29, 0.717) is 6.73 Å². The second-order valence-electron chi connectivity index (χ2n) is 0.846. The molecule has 38 valence electrons. The first-order valence-corrected chi connectivity index (χ1v) is 1.85. The Morgan fingerprint density at radius 2 is 2.17 bits per heavy atom. The Morgan fingerprint density at radius 1 is 1.50 bits per heavy atom. The van der Waals surface area contributed by atoms with Crippen molar-refractivity contribution in [3.63, 3.8) is 0 Å². The molecule has 0 aliphatic carbocycles. The minimum atomic E-state index is 0.552. The molecule has 6 heavy (non-hydrogen) atoms. The zero-order chi connectivity index (χ0) is 4.83. The Balaban J connectivity index is 2.34. The van der Waals surface area contributed by atoms with Gasteiger partial charge in [-0.05, 0) is 7.05 Å².